The molecule has 0 saturated carbocycles. The molecule has 0 atom stereocenters. The van der Waals surface area contributed by atoms with Crippen molar-refractivity contribution in [2.45, 2.75) is 6.54 Å². The summed E-state index contributed by atoms with van der Waals surface area (Å²) in [5.74, 6) is -0.320. The molecule has 0 amide bonds. The van der Waals surface area contributed by atoms with E-state index in [9.17, 15) is 4.79 Å². The highest BCUT2D eigenvalue weighted by Gasteiger charge is 2.21. The summed E-state index contributed by atoms with van der Waals surface area (Å²) in [6.07, 6.45) is 0. The topological polar surface area (TPSA) is 47.6 Å². The van der Waals surface area contributed by atoms with Crippen molar-refractivity contribution in [1.82, 2.24) is 5.32 Å². The standard InChI is InChI=1S/C13H16BNO3/c1-17-13(16)11-7-18-8-12(11)15-6-9-2-4-10(14)5-3-9/h2-5,15H,6-8,14H2,1H3. The van der Waals surface area contributed by atoms with Crippen molar-refractivity contribution < 1.29 is 14.3 Å². The van der Waals surface area contributed by atoms with Crippen LogP contribution in [0.1, 0.15) is 5.56 Å². The van der Waals surface area contributed by atoms with E-state index in [2.05, 4.69) is 37.4 Å². The molecular formula is C13H16BNO3. The van der Waals surface area contributed by atoms with Gasteiger partial charge < -0.3 is 14.8 Å². The average molecular weight is 245 g/mol. The Balaban J connectivity index is 2.00. The summed E-state index contributed by atoms with van der Waals surface area (Å²) in [6, 6.07) is 8.27. The van der Waals surface area contributed by atoms with E-state index in [1.165, 1.54) is 18.1 Å². The Labute approximate surface area is 107 Å². The zero-order valence-electron chi connectivity index (χ0n) is 10.7. The van der Waals surface area contributed by atoms with Gasteiger partial charge in [0, 0.05) is 6.54 Å². The number of hydrogen-bond acceptors (Lipinski definition) is 4. The van der Waals surface area contributed by atoms with E-state index >= 15 is 0 Å². The molecule has 4 nitrogen and oxygen atoms in total. The molecule has 0 bridgehead atoms. The largest absolute Gasteiger partial charge is 0.466 e. The molecule has 0 saturated heterocycles. The van der Waals surface area contributed by atoms with Gasteiger partial charge in [-0.3, -0.25) is 0 Å². The lowest BCUT2D eigenvalue weighted by Crippen LogP contribution is -2.18. The third kappa shape index (κ3) is 2.93. The van der Waals surface area contributed by atoms with Crippen LogP contribution >= 0.6 is 0 Å². The summed E-state index contributed by atoms with van der Waals surface area (Å²) in [6.45, 7) is 1.44. The maximum Gasteiger partial charge on any atom is 0.337 e. The van der Waals surface area contributed by atoms with E-state index in [0.29, 0.717) is 25.3 Å². The van der Waals surface area contributed by atoms with E-state index < -0.39 is 0 Å². The van der Waals surface area contributed by atoms with Gasteiger partial charge in [-0.1, -0.05) is 29.7 Å². The number of benzene rings is 1. The highest BCUT2D eigenvalue weighted by Crippen LogP contribution is 2.13. The molecule has 0 unspecified atom stereocenters. The van der Waals surface area contributed by atoms with Crippen molar-refractivity contribution in [3.05, 3.63) is 41.1 Å². The quantitative estimate of drug-likeness (QED) is 0.573. The minimum Gasteiger partial charge on any atom is -0.466 e. The molecule has 1 aliphatic rings. The Morgan fingerprint density at radius 3 is 2.78 bits per heavy atom. The third-order valence-electron chi connectivity index (χ3n) is 2.92. The summed E-state index contributed by atoms with van der Waals surface area (Å²) in [7, 11) is 3.44. The van der Waals surface area contributed by atoms with Crippen LogP contribution in [0.15, 0.2) is 35.5 Å². The lowest BCUT2D eigenvalue weighted by Gasteiger charge is -2.08. The van der Waals surface area contributed by atoms with E-state index in [-0.39, 0.29) is 5.97 Å². The number of rotatable bonds is 4. The normalized spacial score (nSPS) is 14.7. The molecule has 1 aliphatic heterocycles. The minimum atomic E-state index is -0.320. The van der Waals surface area contributed by atoms with Crippen molar-refractivity contribution in [3.63, 3.8) is 0 Å². The van der Waals surface area contributed by atoms with Crippen LogP contribution in [0.3, 0.4) is 0 Å². The second-order valence-corrected chi connectivity index (χ2v) is 4.28. The molecule has 5 heteroatoms. The van der Waals surface area contributed by atoms with Crippen LogP contribution < -0.4 is 10.8 Å². The number of nitrogens with one attached hydrogen (secondary N) is 1. The highest BCUT2D eigenvalue weighted by atomic mass is 16.5. The Kier molecular flexibility index (Phi) is 4.05. The van der Waals surface area contributed by atoms with Gasteiger partial charge >= 0.3 is 5.97 Å². The Bertz CT molecular complexity index is 468. The molecule has 1 aromatic carbocycles. The SMILES string of the molecule is Bc1ccc(CNC2=C(C(=O)OC)COC2)cc1. The van der Waals surface area contributed by atoms with Crippen molar-refractivity contribution in [3.8, 4) is 0 Å². The van der Waals surface area contributed by atoms with Crippen molar-refractivity contribution in [2.75, 3.05) is 20.3 Å². The summed E-state index contributed by atoms with van der Waals surface area (Å²) < 4.78 is 9.98. The molecule has 0 aromatic heterocycles. The van der Waals surface area contributed by atoms with Gasteiger partial charge in [-0.25, -0.2) is 4.79 Å². The predicted octanol–water partition coefficient (Wildman–Crippen LogP) is -0.508. The van der Waals surface area contributed by atoms with Gasteiger partial charge in [0.15, 0.2) is 0 Å². The van der Waals surface area contributed by atoms with E-state index in [1.54, 1.807) is 0 Å². The second kappa shape index (κ2) is 5.73. The maximum atomic E-state index is 11.5. The van der Waals surface area contributed by atoms with Crippen LogP contribution in [0.4, 0.5) is 0 Å². The molecule has 18 heavy (non-hydrogen) atoms. The number of ether oxygens (including phenoxy) is 2. The zero-order chi connectivity index (χ0) is 13.0. The van der Waals surface area contributed by atoms with Gasteiger partial charge in [0.2, 0.25) is 0 Å². The predicted molar refractivity (Wildman–Crippen MR) is 71.3 cm³/mol. The van der Waals surface area contributed by atoms with Gasteiger partial charge in [0.05, 0.1) is 31.6 Å². The van der Waals surface area contributed by atoms with Crippen LogP contribution in [-0.2, 0) is 20.8 Å². The van der Waals surface area contributed by atoms with Crippen LogP contribution in [-0.4, -0.2) is 34.1 Å². The lowest BCUT2D eigenvalue weighted by atomic mass is 9.95. The van der Waals surface area contributed by atoms with Gasteiger partial charge in [-0.2, -0.15) is 0 Å². The van der Waals surface area contributed by atoms with Crippen molar-refractivity contribution >= 4 is 19.3 Å². The molecule has 1 aromatic rings. The first-order valence-corrected chi connectivity index (χ1v) is 5.88. The lowest BCUT2D eigenvalue weighted by molar-refractivity contribution is -0.136. The summed E-state index contributed by atoms with van der Waals surface area (Å²) in [4.78, 5) is 11.5. The number of hydrogen-bond donors (Lipinski definition) is 1. The van der Waals surface area contributed by atoms with Crippen LogP contribution in [0.2, 0.25) is 0 Å². The first-order chi connectivity index (χ1) is 8.70. The van der Waals surface area contributed by atoms with Crippen molar-refractivity contribution in [2.24, 2.45) is 0 Å². The Morgan fingerprint density at radius 2 is 2.11 bits per heavy atom. The van der Waals surface area contributed by atoms with Crippen LogP contribution in [0, 0.1) is 0 Å². The molecule has 0 spiro atoms. The molecule has 1 N–H and O–H groups in total. The molecule has 0 fully saturated rings. The van der Waals surface area contributed by atoms with Gasteiger partial charge in [-0.05, 0) is 5.56 Å². The fourth-order valence-electron chi connectivity index (χ4n) is 1.81. The van der Waals surface area contributed by atoms with Crippen LogP contribution in [0.5, 0.6) is 0 Å². The van der Waals surface area contributed by atoms with E-state index in [4.69, 9.17) is 9.47 Å². The van der Waals surface area contributed by atoms with Crippen LogP contribution in [0.25, 0.3) is 0 Å². The zero-order valence-corrected chi connectivity index (χ0v) is 10.7. The number of methoxy groups -OCH3 is 1. The number of carbonyl (C=O) groups excluding carboxylic acids is 1. The molecule has 0 aliphatic carbocycles. The number of carbonyl (C=O) groups is 1. The van der Waals surface area contributed by atoms with E-state index in [1.807, 2.05) is 0 Å². The first kappa shape index (κ1) is 12.7. The van der Waals surface area contributed by atoms with E-state index in [0.717, 1.165) is 5.70 Å². The summed E-state index contributed by atoms with van der Waals surface area (Å²) >= 11 is 0. The molecular weight excluding hydrogens is 229 g/mol. The maximum absolute atomic E-state index is 11.5. The molecule has 94 valence electrons. The summed E-state index contributed by atoms with van der Waals surface area (Å²) in [5.41, 5.74) is 3.81. The minimum absolute atomic E-state index is 0.320. The van der Waals surface area contributed by atoms with Gasteiger partial charge in [0.25, 0.3) is 0 Å². The molecule has 1 heterocycles. The first-order valence-electron chi connectivity index (χ1n) is 5.88. The monoisotopic (exact) mass is 245 g/mol. The highest BCUT2D eigenvalue weighted by molar-refractivity contribution is 6.32. The fraction of sp³-hybridized carbons (Fsp3) is 0.308. The van der Waals surface area contributed by atoms with Gasteiger partial charge in [0.1, 0.15) is 7.85 Å². The molecule has 0 radical (unpaired) electrons. The fourth-order valence-corrected chi connectivity index (χ4v) is 1.81. The average Bonchev–Trinajstić information content (AvgIpc) is 2.85. The third-order valence-corrected chi connectivity index (χ3v) is 2.92. The number of esters is 1. The smallest absolute Gasteiger partial charge is 0.337 e. The second-order valence-electron chi connectivity index (χ2n) is 4.28. The van der Waals surface area contributed by atoms with Crippen molar-refractivity contribution in [1.29, 1.82) is 0 Å². The Hall–Kier alpha value is -1.75. The molecule has 2 rings (SSSR count). The van der Waals surface area contributed by atoms with Gasteiger partial charge in [-0.15, -0.1) is 0 Å². The summed E-state index contributed by atoms with van der Waals surface area (Å²) in [5, 5.41) is 3.24. The Morgan fingerprint density at radius 1 is 1.39 bits per heavy atom.